The molecule has 1 unspecified atom stereocenters. The fourth-order valence-corrected chi connectivity index (χ4v) is 2.55. The Morgan fingerprint density at radius 3 is 2.57 bits per heavy atom. The summed E-state index contributed by atoms with van der Waals surface area (Å²) < 4.78 is 0. The predicted molar refractivity (Wildman–Crippen MR) is 64.0 cm³/mol. The van der Waals surface area contributed by atoms with Crippen LogP contribution in [0.3, 0.4) is 0 Å². The summed E-state index contributed by atoms with van der Waals surface area (Å²) >= 11 is 5.77. The molecule has 1 nitrogen and oxygen atoms in total. The highest BCUT2D eigenvalue weighted by atomic mass is 35.5. The van der Waals surface area contributed by atoms with Crippen LogP contribution in [0.25, 0.3) is 0 Å². The second-order valence-electron chi connectivity index (χ2n) is 4.50. The third-order valence-corrected chi connectivity index (χ3v) is 3.61. The van der Waals surface area contributed by atoms with Crippen molar-refractivity contribution in [3.63, 3.8) is 0 Å². The van der Waals surface area contributed by atoms with Gasteiger partial charge in [0, 0.05) is 11.9 Å². The van der Waals surface area contributed by atoms with E-state index in [4.69, 9.17) is 11.6 Å². The Kier molecular flexibility index (Phi) is 6.63. The highest BCUT2D eigenvalue weighted by Crippen LogP contribution is 2.18. The van der Waals surface area contributed by atoms with E-state index in [0.717, 1.165) is 24.3 Å². The van der Waals surface area contributed by atoms with Gasteiger partial charge in [-0.05, 0) is 31.7 Å². The second-order valence-corrected chi connectivity index (χ2v) is 4.87. The number of alkyl halides is 1. The number of hydrogen-bond donors (Lipinski definition) is 1. The summed E-state index contributed by atoms with van der Waals surface area (Å²) in [4.78, 5) is 0. The molecule has 14 heavy (non-hydrogen) atoms. The molecule has 1 aliphatic carbocycles. The van der Waals surface area contributed by atoms with Crippen LogP contribution in [0.1, 0.15) is 51.9 Å². The summed E-state index contributed by atoms with van der Waals surface area (Å²) in [6.45, 7) is 3.44. The first-order valence-electron chi connectivity index (χ1n) is 6.16. The van der Waals surface area contributed by atoms with Crippen molar-refractivity contribution < 1.29 is 0 Å². The van der Waals surface area contributed by atoms with Crippen molar-refractivity contribution >= 4 is 11.6 Å². The molecule has 2 heteroatoms. The Hall–Kier alpha value is 0.250. The van der Waals surface area contributed by atoms with Crippen LogP contribution in [0.5, 0.6) is 0 Å². The minimum absolute atomic E-state index is 0.787. The number of rotatable bonds is 6. The normalized spacial score (nSPS) is 21.0. The van der Waals surface area contributed by atoms with Crippen molar-refractivity contribution in [2.75, 3.05) is 12.4 Å². The maximum Gasteiger partial charge on any atom is 0.0226 e. The van der Waals surface area contributed by atoms with Gasteiger partial charge in [-0.3, -0.25) is 0 Å². The Bertz CT molecular complexity index is 128. The van der Waals surface area contributed by atoms with Crippen molar-refractivity contribution in [2.24, 2.45) is 5.92 Å². The topological polar surface area (TPSA) is 12.0 Å². The van der Waals surface area contributed by atoms with Crippen LogP contribution in [0.4, 0.5) is 0 Å². The fraction of sp³-hybridized carbons (Fsp3) is 1.00. The van der Waals surface area contributed by atoms with Crippen molar-refractivity contribution in [1.82, 2.24) is 5.32 Å². The van der Waals surface area contributed by atoms with Gasteiger partial charge in [0.2, 0.25) is 0 Å². The summed E-state index contributed by atoms with van der Waals surface area (Å²) in [6.07, 6.45) is 9.48. The molecule has 0 heterocycles. The molecule has 0 bridgehead atoms. The molecule has 1 saturated carbocycles. The lowest BCUT2D eigenvalue weighted by molar-refractivity contribution is 0.339. The van der Waals surface area contributed by atoms with E-state index in [9.17, 15) is 0 Å². The van der Waals surface area contributed by atoms with Crippen molar-refractivity contribution in [3.05, 3.63) is 0 Å². The monoisotopic (exact) mass is 217 g/mol. The molecule has 1 aliphatic rings. The van der Waals surface area contributed by atoms with Crippen molar-refractivity contribution in [1.29, 1.82) is 0 Å². The Morgan fingerprint density at radius 1 is 1.29 bits per heavy atom. The van der Waals surface area contributed by atoms with E-state index < -0.39 is 0 Å². The summed E-state index contributed by atoms with van der Waals surface area (Å²) in [7, 11) is 0. The SMILES string of the molecule is CCC(CCCl)CNC1CCCCC1. The van der Waals surface area contributed by atoms with E-state index in [0.29, 0.717) is 0 Å². The maximum absolute atomic E-state index is 5.77. The summed E-state index contributed by atoms with van der Waals surface area (Å²) in [5.41, 5.74) is 0. The van der Waals surface area contributed by atoms with Crippen molar-refractivity contribution in [2.45, 2.75) is 57.9 Å². The van der Waals surface area contributed by atoms with Gasteiger partial charge < -0.3 is 5.32 Å². The molecule has 1 atom stereocenters. The summed E-state index contributed by atoms with van der Waals surface area (Å²) in [5, 5.41) is 3.70. The van der Waals surface area contributed by atoms with E-state index >= 15 is 0 Å². The van der Waals surface area contributed by atoms with Crippen LogP contribution < -0.4 is 5.32 Å². The van der Waals surface area contributed by atoms with Gasteiger partial charge in [0.15, 0.2) is 0 Å². The van der Waals surface area contributed by atoms with Gasteiger partial charge in [-0.1, -0.05) is 32.6 Å². The lowest BCUT2D eigenvalue weighted by atomic mass is 9.94. The first-order chi connectivity index (χ1) is 6.86. The quantitative estimate of drug-likeness (QED) is 0.671. The van der Waals surface area contributed by atoms with E-state index in [1.165, 1.54) is 45.1 Å². The van der Waals surface area contributed by atoms with Gasteiger partial charge in [-0.2, -0.15) is 0 Å². The number of halogens is 1. The van der Waals surface area contributed by atoms with E-state index in [1.54, 1.807) is 0 Å². The average molecular weight is 218 g/mol. The zero-order valence-corrected chi connectivity index (χ0v) is 10.2. The molecule has 84 valence electrons. The standard InChI is InChI=1S/C12H24ClN/c1-2-11(8-9-13)10-14-12-6-4-3-5-7-12/h11-12,14H,2-10H2,1H3. The lowest BCUT2D eigenvalue weighted by Gasteiger charge is -2.25. The Balaban J connectivity index is 2.10. The molecule has 1 N–H and O–H groups in total. The fourth-order valence-electron chi connectivity index (χ4n) is 2.24. The molecular weight excluding hydrogens is 194 g/mol. The van der Waals surface area contributed by atoms with Crippen molar-refractivity contribution in [3.8, 4) is 0 Å². The molecule has 0 aromatic heterocycles. The van der Waals surface area contributed by atoms with Crippen LogP contribution in [0.15, 0.2) is 0 Å². The molecular formula is C12H24ClN. The first kappa shape index (κ1) is 12.3. The number of hydrogen-bond acceptors (Lipinski definition) is 1. The molecule has 0 aromatic carbocycles. The van der Waals surface area contributed by atoms with Gasteiger partial charge in [-0.25, -0.2) is 0 Å². The zero-order chi connectivity index (χ0) is 10.2. The highest BCUT2D eigenvalue weighted by molar-refractivity contribution is 6.17. The van der Waals surface area contributed by atoms with E-state index in [2.05, 4.69) is 12.2 Å². The second kappa shape index (κ2) is 7.53. The average Bonchev–Trinajstić information content (AvgIpc) is 2.25. The first-order valence-corrected chi connectivity index (χ1v) is 6.69. The van der Waals surface area contributed by atoms with E-state index in [-0.39, 0.29) is 0 Å². The molecule has 1 fully saturated rings. The maximum atomic E-state index is 5.77. The Morgan fingerprint density at radius 2 is 2.00 bits per heavy atom. The molecule has 0 saturated heterocycles. The van der Waals surface area contributed by atoms with Crippen LogP contribution in [-0.4, -0.2) is 18.5 Å². The third-order valence-electron chi connectivity index (χ3n) is 3.40. The molecule has 0 radical (unpaired) electrons. The minimum atomic E-state index is 0.787. The van der Waals surface area contributed by atoms with Gasteiger partial charge in [-0.15, -0.1) is 11.6 Å². The molecule has 0 aliphatic heterocycles. The summed E-state index contributed by atoms with van der Waals surface area (Å²) in [5.74, 6) is 1.60. The van der Waals surface area contributed by atoms with Gasteiger partial charge in [0.1, 0.15) is 0 Å². The van der Waals surface area contributed by atoms with Crippen LogP contribution in [0, 0.1) is 5.92 Å². The predicted octanol–water partition coefficient (Wildman–Crippen LogP) is 3.56. The van der Waals surface area contributed by atoms with Crippen LogP contribution in [0.2, 0.25) is 0 Å². The van der Waals surface area contributed by atoms with Gasteiger partial charge in [0.25, 0.3) is 0 Å². The molecule has 0 spiro atoms. The van der Waals surface area contributed by atoms with Gasteiger partial charge in [0.05, 0.1) is 0 Å². The zero-order valence-electron chi connectivity index (χ0n) is 9.40. The largest absolute Gasteiger partial charge is 0.314 e. The smallest absolute Gasteiger partial charge is 0.0226 e. The minimum Gasteiger partial charge on any atom is -0.314 e. The molecule has 1 rings (SSSR count). The highest BCUT2D eigenvalue weighted by Gasteiger charge is 2.14. The van der Waals surface area contributed by atoms with Gasteiger partial charge >= 0.3 is 0 Å². The number of nitrogens with one attached hydrogen (secondary N) is 1. The lowest BCUT2D eigenvalue weighted by Crippen LogP contribution is -2.34. The molecule has 0 amide bonds. The third kappa shape index (κ3) is 4.65. The summed E-state index contributed by atoms with van der Waals surface area (Å²) in [6, 6.07) is 0.799. The van der Waals surface area contributed by atoms with E-state index in [1.807, 2.05) is 0 Å². The van der Waals surface area contributed by atoms with Crippen LogP contribution in [-0.2, 0) is 0 Å². The van der Waals surface area contributed by atoms with Crippen LogP contribution >= 0.6 is 11.6 Å². The molecule has 0 aromatic rings. The Labute approximate surface area is 93.6 Å².